The third-order valence-corrected chi connectivity index (χ3v) is 4.28. The minimum Gasteiger partial charge on any atom is -0.352 e. The van der Waals surface area contributed by atoms with Gasteiger partial charge in [0.25, 0.3) is 0 Å². The standard InChI is InChI=1S/C13H26N2O2S/c1-10(8-9-18(3)17)14-11(2)13(16)15-12-6-4-5-7-12/h10-12,14H,4-9H2,1-3H3,(H,15,16). The molecule has 0 bridgehead atoms. The fourth-order valence-corrected chi connectivity index (χ4v) is 3.01. The van der Waals surface area contributed by atoms with Crippen molar-refractivity contribution in [2.45, 2.75) is 64.1 Å². The van der Waals surface area contributed by atoms with Crippen molar-refractivity contribution in [3.8, 4) is 0 Å². The minimum atomic E-state index is -0.756. The Morgan fingerprint density at radius 1 is 1.33 bits per heavy atom. The van der Waals surface area contributed by atoms with E-state index in [2.05, 4.69) is 10.6 Å². The largest absolute Gasteiger partial charge is 0.352 e. The van der Waals surface area contributed by atoms with Crippen molar-refractivity contribution in [3.63, 3.8) is 0 Å². The minimum absolute atomic E-state index is 0.0892. The molecule has 106 valence electrons. The molecule has 3 unspecified atom stereocenters. The third kappa shape index (κ3) is 5.96. The van der Waals surface area contributed by atoms with Gasteiger partial charge < -0.3 is 10.6 Å². The average molecular weight is 274 g/mol. The van der Waals surface area contributed by atoms with Gasteiger partial charge in [-0.05, 0) is 33.1 Å². The van der Waals surface area contributed by atoms with E-state index in [9.17, 15) is 9.00 Å². The Hall–Kier alpha value is -0.420. The van der Waals surface area contributed by atoms with E-state index in [0.29, 0.717) is 11.8 Å². The number of rotatable bonds is 7. The summed E-state index contributed by atoms with van der Waals surface area (Å²) in [6, 6.07) is 0.421. The maximum absolute atomic E-state index is 11.9. The van der Waals surface area contributed by atoms with Crippen LogP contribution >= 0.6 is 0 Å². The zero-order chi connectivity index (χ0) is 13.5. The summed E-state index contributed by atoms with van der Waals surface area (Å²) >= 11 is 0. The van der Waals surface area contributed by atoms with Gasteiger partial charge in [0.15, 0.2) is 0 Å². The topological polar surface area (TPSA) is 58.2 Å². The molecule has 1 aliphatic carbocycles. The second-order valence-electron chi connectivity index (χ2n) is 5.35. The van der Waals surface area contributed by atoms with Crippen LogP contribution in [0.25, 0.3) is 0 Å². The Morgan fingerprint density at radius 2 is 1.94 bits per heavy atom. The number of hydrogen-bond donors (Lipinski definition) is 2. The Labute approximate surface area is 113 Å². The lowest BCUT2D eigenvalue weighted by molar-refractivity contribution is -0.123. The molecule has 0 aromatic carbocycles. The summed E-state index contributed by atoms with van der Waals surface area (Å²) in [6.07, 6.45) is 7.23. The van der Waals surface area contributed by atoms with E-state index in [1.54, 1.807) is 6.26 Å². The van der Waals surface area contributed by atoms with Crippen LogP contribution < -0.4 is 10.6 Å². The molecule has 5 heteroatoms. The molecule has 1 amide bonds. The van der Waals surface area contributed by atoms with Crippen LogP contribution in [0.4, 0.5) is 0 Å². The molecule has 0 heterocycles. The maximum Gasteiger partial charge on any atom is 0.237 e. The van der Waals surface area contributed by atoms with E-state index in [-0.39, 0.29) is 18.0 Å². The monoisotopic (exact) mass is 274 g/mol. The van der Waals surface area contributed by atoms with Gasteiger partial charge in [0.1, 0.15) is 0 Å². The predicted octanol–water partition coefficient (Wildman–Crippen LogP) is 1.18. The lowest BCUT2D eigenvalue weighted by Crippen LogP contribution is -2.48. The van der Waals surface area contributed by atoms with Crippen LogP contribution in [0, 0.1) is 0 Å². The molecule has 2 N–H and O–H groups in total. The Kier molecular flexibility index (Phi) is 6.86. The van der Waals surface area contributed by atoms with E-state index >= 15 is 0 Å². The predicted molar refractivity (Wildman–Crippen MR) is 76.0 cm³/mol. The number of amides is 1. The zero-order valence-corrected chi connectivity index (χ0v) is 12.5. The van der Waals surface area contributed by atoms with Crippen LogP contribution in [0.3, 0.4) is 0 Å². The van der Waals surface area contributed by atoms with E-state index in [4.69, 9.17) is 0 Å². The fourth-order valence-electron chi connectivity index (χ4n) is 2.32. The first-order valence-corrected chi connectivity index (χ1v) is 8.58. The summed E-state index contributed by atoms with van der Waals surface area (Å²) < 4.78 is 11.0. The van der Waals surface area contributed by atoms with E-state index in [0.717, 1.165) is 19.3 Å². The maximum atomic E-state index is 11.9. The van der Waals surface area contributed by atoms with E-state index in [1.165, 1.54) is 12.8 Å². The molecule has 1 saturated carbocycles. The highest BCUT2D eigenvalue weighted by molar-refractivity contribution is 7.84. The first-order chi connectivity index (χ1) is 8.49. The highest BCUT2D eigenvalue weighted by Crippen LogP contribution is 2.17. The Balaban J connectivity index is 2.23. The van der Waals surface area contributed by atoms with Gasteiger partial charge in [-0.3, -0.25) is 9.00 Å². The van der Waals surface area contributed by atoms with Crippen LogP contribution in [0.1, 0.15) is 46.0 Å². The summed E-state index contributed by atoms with van der Waals surface area (Å²) in [4.78, 5) is 11.9. The highest BCUT2D eigenvalue weighted by Gasteiger charge is 2.21. The Bertz CT molecular complexity index is 291. The molecule has 18 heavy (non-hydrogen) atoms. The first kappa shape index (κ1) is 15.6. The third-order valence-electron chi connectivity index (χ3n) is 3.47. The smallest absolute Gasteiger partial charge is 0.237 e. The van der Waals surface area contributed by atoms with Crippen LogP contribution in [-0.2, 0) is 15.6 Å². The summed E-state index contributed by atoms with van der Waals surface area (Å²) in [5.41, 5.74) is 0. The fraction of sp³-hybridized carbons (Fsp3) is 0.923. The number of carbonyl (C=O) groups excluding carboxylic acids is 1. The molecule has 0 saturated heterocycles. The van der Waals surface area contributed by atoms with Crippen molar-refractivity contribution in [2.75, 3.05) is 12.0 Å². The molecule has 0 spiro atoms. The van der Waals surface area contributed by atoms with Crippen molar-refractivity contribution in [1.82, 2.24) is 10.6 Å². The SMILES string of the molecule is CC(CCS(C)=O)NC(C)C(=O)NC1CCCC1. The zero-order valence-electron chi connectivity index (χ0n) is 11.7. The van der Waals surface area contributed by atoms with Gasteiger partial charge in [0.2, 0.25) is 5.91 Å². The molecule has 3 atom stereocenters. The van der Waals surface area contributed by atoms with Gasteiger partial charge in [-0.2, -0.15) is 0 Å². The van der Waals surface area contributed by atoms with Gasteiger partial charge >= 0.3 is 0 Å². The summed E-state index contributed by atoms with van der Waals surface area (Å²) in [7, 11) is -0.756. The molecule has 4 nitrogen and oxygen atoms in total. The quantitative estimate of drug-likeness (QED) is 0.733. The summed E-state index contributed by atoms with van der Waals surface area (Å²) in [6.45, 7) is 3.93. The molecule has 0 aromatic rings. The second kappa shape index (κ2) is 7.89. The van der Waals surface area contributed by atoms with Gasteiger partial charge in [0.05, 0.1) is 6.04 Å². The van der Waals surface area contributed by atoms with Crippen LogP contribution in [0.2, 0.25) is 0 Å². The first-order valence-electron chi connectivity index (χ1n) is 6.85. The molecule has 1 fully saturated rings. The van der Waals surface area contributed by atoms with Crippen LogP contribution in [0.15, 0.2) is 0 Å². The number of hydrogen-bond acceptors (Lipinski definition) is 3. The lowest BCUT2D eigenvalue weighted by atomic mass is 10.2. The number of nitrogens with one attached hydrogen (secondary N) is 2. The molecule has 0 aliphatic heterocycles. The highest BCUT2D eigenvalue weighted by atomic mass is 32.2. The lowest BCUT2D eigenvalue weighted by Gasteiger charge is -2.21. The molecule has 1 aliphatic rings. The van der Waals surface area contributed by atoms with E-state index in [1.807, 2.05) is 13.8 Å². The molecular weight excluding hydrogens is 248 g/mol. The normalized spacial score (nSPS) is 21.5. The van der Waals surface area contributed by atoms with E-state index < -0.39 is 10.8 Å². The molecule has 0 radical (unpaired) electrons. The van der Waals surface area contributed by atoms with Gasteiger partial charge in [-0.1, -0.05) is 12.8 Å². The average Bonchev–Trinajstić information content (AvgIpc) is 2.79. The van der Waals surface area contributed by atoms with Gasteiger partial charge in [0, 0.05) is 34.9 Å². The Morgan fingerprint density at radius 3 is 2.50 bits per heavy atom. The van der Waals surface area contributed by atoms with Crippen molar-refractivity contribution >= 4 is 16.7 Å². The van der Waals surface area contributed by atoms with Gasteiger partial charge in [-0.15, -0.1) is 0 Å². The molecule has 1 rings (SSSR count). The van der Waals surface area contributed by atoms with Crippen molar-refractivity contribution in [1.29, 1.82) is 0 Å². The van der Waals surface area contributed by atoms with Gasteiger partial charge in [-0.25, -0.2) is 0 Å². The van der Waals surface area contributed by atoms with Crippen molar-refractivity contribution < 1.29 is 9.00 Å². The van der Waals surface area contributed by atoms with Crippen LogP contribution in [0.5, 0.6) is 0 Å². The van der Waals surface area contributed by atoms with Crippen molar-refractivity contribution in [2.24, 2.45) is 0 Å². The summed E-state index contributed by atoms with van der Waals surface area (Å²) in [5, 5.41) is 6.35. The van der Waals surface area contributed by atoms with Crippen molar-refractivity contribution in [3.05, 3.63) is 0 Å². The molecular formula is C13H26N2O2S. The second-order valence-corrected chi connectivity index (χ2v) is 6.90. The number of carbonyl (C=O) groups is 1. The molecule has 0 aromatic heterocycles. The summed E-state index contributed by atoms with van der Waals surface area (Å²) in [5.74, 6) is 0.775. The van der Waals surface area contributed by atoms with Crippen LogP contribution in [-0.4, -0.2) is 40.3 Å².